The minimum absolute atomic E-state index is 0.159. The molecule has 0 aliphatic heterocycles. The number of hydrogen-bond donors (Lipinski definition) is 1. The van der Waals surface area contributed by atoms with Crippen LogP contribution in [0.25, 0.3) is 11.0 Å². The molecule has 0 bridgehead atoms. The molecule has 0 unspecified atom stereocenters. The molecule has 0 spiro atoms. The predicted molar refractivity (Wildman–Crippen MR) is 67.8 cm³/mol. The van der Waals surface area contributed by atoms with Gasteiger partial charge in [-0.1, -0.05) is 18.2 Å². The van der Waals surface area contributed by atoms with Gasteiger partial charge in [-0.2, -0.15) is 4.98 Å². The van der Waals surface area contributed by atoms with Crippen LogP contribution in [0.4, 0.5) is 11.7 Å². The summed E-state index contributed by atoms with van der Waals surface area (Å²) in [6.07, 6.45) is 1.53. The van der Waals surface area contributed by atoms with Crippen LogP contribution >= 0.6 is 0 Å². The van der Waals surface area contributed by atoms with Crippen LogP contribution in [0, 0.1) is 0 Å². The molecule has 0 radical (unpaired) electrons. The van der Waals surface area contributed by atoms with Crippen LogP contribution in [0.5, 0.6) is 0 Å². The third kappa shape index (κ3) is 1.93. The molecule has 1 aromatic carbocycles. The van der Waals surface area contributed by atoms with Crippen LogP contribution in [0.2, 0.25) is 0 Å². The second-order valence-corrected chi connectivity index (χ2v) is 3.67. The minimum Gasteiger partial charge on any atom is -0.387 e. The zero-order valence-electron chi connectivity index (χ0n) is 9.33. The van der Waals surface area contributed by atoms with Gasteiger partial charge >= 0.3 is 11.6 Å². The lowest BCUT2D eigenvalue weighted by atomic mass is 10.3. The van der Waals surface area contributed by atoms with Gasteiger partial charge in [0.15, 0.2) is 5.52 Å². The van der Waals surface area contributed by atoms with Gasteiger partial charge in [-0.3, -0.25) is 0 Å². The van der Waals surface area contributed by atoms with Crippen LogP contribution < -0.4 is 10.9 Å². The molecule has 18 heavy (non-hydrogen) atoms. The highest BCUT2D eigenvalue weighted by molar-refractivity contribution is 5.73. The molecule has 2 aromatic heterocycles. The SMILES string of the molecule is O=c1oc(Nc2ccccc2)nc2cccnc12. The Hall–Kier alpha value is -2.69. The summed E-state index contributed by atoms with van der Waals surface area (Å²) in [5, 5.41) is 2.93. The van der Waals surface area contributed by atoms with E-state index >= 15 is 0 Å². The van der Waals surface area contributed by atoms with Crippen LogP contribution in [-0.2, 0) is 0 Å². The fourth-order valence-electron chi connectivity index (χ4n) is 1.61. The first-order chi connectivity index (χ1) is 8.83. The molecule has 0 aliphatic carbocycles. The van der Waals surface area contributed by atoms with E-state index < -0.39 is 5.63 Å². The van der Waals surface area contributed by atoms with Gasteiger partial charge in [-0.15, -0.1) is 0 Å². The molecular formula is C13H9N3O2. The van der Waals surface area contributed by atoms with E-state index in [0.717, 1.165) is 5.69 Å². The Bertz CT molecular complexity index is 738. The average Bonchev–Trinajstić information content (AvgIpc) is 2.40. The lowest BCUT2D eigenvalue weighted by molar-refractivity contribution is 0.520. The molecule has 1 N–H and O–H groups in total. The Morgan fingerprint density at radius 3 is 2.72 bits per heavy atom. The second-order valence-electron chi connectivity index (χ2n) is 3.67. The Balaban J connectivity index is 2.06. The fraction of sp³-hybridized carbons (Fsp3) is 0. The molecule has 3 rings (SSSR count). The summed E-state index contributed by atoms with van der Waals surface area (Å²) in [6.45, 7) is 0. The number of benzene rings is 1. The quantitative estimate of drug-likeness (QED) is 0.743. The molecular weight excluding hydrogens is 230 g/mol. The van der Waals surface area contributed by atoms with Gasteiger partial charge in [0.2, 0.25) is 0 Å². The highest BCUT2D eigenvalue weighted by Gasteiger charge is 2.06. The van der Waals surface area contributed by atoms with Crippen molar-refractivity contribution in [1.82, 2.24) is 9.97 Å². The summed E-state index contributed by atoms with van der Waals surface area (Å²) in [7, 11) is 0. The molecule has 88 valence electrons. The van der Waals surface area contributed by atoms with Crippen molar-refractivity contribution in [3.63, 3.8) is 0 Å². The Morgan fingerprint density at radius 1 is 1.06 bits per heavy atom. The third-order valence-corrected chi connectivity index (χ3v) is 2.42. The van der Waals surface area contributed by atoms with E-state index in [1.54, 1.807) is 12.1 Å². The van der Waals surface area contributed by atoms with Gasteiger partial charge in [0, 0.05) is 11.9 Å². The van der Waals surface area contributed by atoms with Gasteiger partial charge < -0.3 is 9.73 Å². The number of nitrogens with one attached hydrogen (secondary N) is 1. The average molecular weight is 239 g/mol. The van der Waals surface area contributed by atoms with Gasteiger partial charge in [-0.25, -0.2) is 9.78 Å². The molecule has 0 saturated heterocycles. The zero-order valence-corrected chi connectivity index (χ0v) is 9.33. The van der Waals surface area contributed by atoms with Crippen LogP contribution in [0.15, 0.2) is 57.9 Å². The van der Waals surface area contributed by atoms with Crippen molar-refractivity contribution >= 4 is 22.7 Å². The van der Waals surface area contributed by atoms with E-state index in [1.807, 2.05) is 30.3 Å². The standard InChI is InChI=1S/C13H9N3O2/c17-12-11-10(7-4-8-14-11)16-13(18-12)15-9-5-2-1-3-6-9/h1-8H,(H,15,16). The maximum atomic E-state index is 11.7. The van der Waals surface area contributed by atoms with Gasteiger partial charge in [0.25, 0.3) is 0 Å². The van der Waals surface area contributed by atoms with E-state index in [2.05, 4.69) is 15.3 Å². The highest BCUT2D eigenvalue weighted by Crippen LogP contribution is 2.14. The maximum Gasteiger partial charge on any atom is 0.366 e. The first kappa shape index (κ1) is 10.5. The van der Waals surface area contributed by atoms with Crippen molar-refractivity contribution in [2.24, 2.45) is 0 Å². The van der Waals surface area contributed by atoms with Crippen molar-refractivity contribution in [3.05, 3.63) is 59.1 Å². The molecule has 0 fully saturated rings. The Morgan fingerprint density at radius 2 is 1.89 bits per heavy atom. The van der Waals surface area contributed by atoms with E-state index in [0.29, 0.717) is 5.52 Å². The first-order valence-electron chi connectivity index (χ1n) is 5.41. The summed E-state index contributed by atoms with van der Waals surface area (Å²) in [5.74, 6) is 0. The van der Waals surface area contributed by atoms with Crippen molar-refractivity contribution in [2.45, 2.75) is 0 Å². The minimum atomic E-state index is -0.501. The smallest absolute Gasteiger partial charge is 0.366 e. The van der Waals surface area contributed by atoms with E-state index in [-0.39, 0.29) is 11.5 Å². The lowest BCUT2D eigenvalue weighted by Gasteiger charge is -2.03. The van der Waals surface area contributed by atoms with Gasteiger partial charge in [-0.05, 0) is 24.3 Å². The number of aromatic nitrogens is 2. The molecule has 5 heteroatoms. The molecule has 0 amide bonds. The zero-order chi connectivity index (χ0) is 12.4. The number of hydrogen-bond acceptors (Lipinski definition) is 5. The number of para-hydroxylation sites is 1. The van der Waals surface area contributed by atoms with Gasteiger partial charge in [0.1, 0.15) is 5.52 Å². The number of pyridine rings is 1. The summed E-state index contributed by atoms with van der Waals surface area (Å²) in [5.41, 5.74) is 1.04. The van der Waals surface area contributed by atoms with Crippen LogP contribution in [-0.4, -0.2) is 9.97 Å². The number of fused-ring (bicyclic) bond motifs is 1. The number of rotatable bonds is 2. The topological polar surface area (TPSA) is 68.0 Å². The van der Waals surface area contributed by atoms with E-state index in [9.17, 15) is 4.79 Å². The molecule has 0 atom stereocenters. The molecule has 5 nitrogen and oxygen atoms in total. The van der Waals surface area contributed by atoms with Crippen molar-refractivity contribution in [1.29, 1.82) is 0 Å². The predicted octanol–water partition coefficient (Wildman–Crippen LogP) is 2.33. The summed E-state index contributed by atoms with van der Waals surface area (Å²) >= 11 is 0. The summed E-state index contributed by atoms with van der Waals surface area (Å²) in [4.78, 5) is 19.8. The molecule has 0 aliphatic rings. The molecule has 3 aromatic rings. The second kappa shape index (κ2) is 4.29. The van der Waals surface area contributed by atoms with Crippen LogP contribution in [0.1, 0.15) is 0 Å². The van der Waals surface area contributed by atoms with Crippen LogP contribution in [0.3, 0.4) is 0 Å². The highest BCUT2D eigenvalue weighted by atomic mass is 16.4. The van der Waals surface area contributed by atoms with Crippen molar-refractivity contribution < 1.29 is 4.42 Å². The number of nitrogens with zero attached hydrogens (tertiary/aromatic N) is 2. The Kier molecular flexibility index (Phi) is 2.49. The van der Waals surface area contributed by atoms with E-state index in [1.165, 1.54) is 6.20 Å². The first-order valence-corrected chi connectivity index (χ1v) is 5.41. The lowest BCUT2D eigenvalue weighted by Crippen LogP contribution is -2.06. The summed E-state index contributed by atoms with van der Waals surface area (Å²) < 4.78 is 5.05. The summed E-state index contributed by atoms with van der Waals surface area (Å²) in [6, 6.07) is 13.0. The maximum absolute atomic E-state index is 11.7. The molecule has 2 heterocycles. The fourth-order valence-corrected chi connectivity index (χ4v) is 1.61. The largest absolute Gasteiger partial charge is 0.387 e. The van der Waals surface area contributed by atoms with Crippen molar-refractivity contribution in [3.8, 4) is 0 Å². The molecule has 0 saturated carbocycles. The van der Waals surface area contributed by atoms with Gasteiger partial charge in [0.05, 0.1) is 0 Å². The monoisotopic (exact) mass is 239 g/mol. The van der Waals surface area contributed by atoms with Crippen molar-refractivity contribution in [2.75, 3.05) is 5.32 Å². The normalized spacial score (nSPS) is 10.4. The Labute approximate surface area is 102 Å². The van der Waals surface area contributed by atoms with E-state index in [4.69, 9.17) is 4.42 Å². The third-order valence-electron chi connectivity index (χ3n) is 2.42. The number of anilines is 2.